The average molecular weight is 318 g/mol. The highest BCUT2D eigenvalue weighted by molar-refractivity contribution is 5.77. The average Bonchev–Trinajstić information content (AvgIpc) is 2.55. The number of hydrogen-bond acceptors (Lipinski definition) is 3. The summed E-state index contributed by atoms with van der Waals surface area (Å²) in [4.78, 5) is 14.5. The first-order chi connectivity index (χ1) is 11.0. The summed E-state index contributed by atoms with van der Waals surface area (Å²) >= 11 is 0. The molecule has 2 N–H and O–H groups in total. The Morgan fingerprint density at radius 1 is 1.30 bits per heavy atom. The first-order valence-electron chi connectivity index (χ1n) is 8.70. The van der Waals surface area contributed by atoms with Crippen molar-refractivity contribution in [3.8, 4) is 0 Å². The minimum atomic E-state index is -0.163. The van der Waals surface area contributed by atoms with Crippen molar-refractivity contribution in [3.05, 3.63) is 35.9 Å². The molecule has 1 heterocycles. The van der Waals surface area contributed by atoms with Crippen LogP contribution >= 0.6 is 0 Å². The molecule has 0 spiro atoms. The number of aliphatic hydroxyl groups is 1. The van der Waals surface area contributed by atoms with Crippen LogP contribution in [0.5, 0.6) is 0 Å². The molecular formula is C19H30N2O2. The van der Waals surface area contributed by atoms with Crippen LogP contribution in [0.25, 0.3) is 0 Å². The molecule has 2 rings (SSSR count). The number of carbonyl (C=O) groups excluding carboxylic acids is 1. The molecule has 128 valence electrons. The van der Waals surface area contributed by atoms with Gasteiger partial charge in [-0.25, -0.2) is 0 Å². The standard InChI is InChI=1S/C19H30N2O2/c1-19(2,16-8-4-3-5-9-16)14-18(23)20-11-13-21-12-7-6-10-17(21)15-22/h3-5,8-9,17,22H,6-7,10-15H2,1-2H3,(H,20,23). The van der Waals surface area contributed by atoms with Gasteiger partial charge in [0.05, 0.1) is 6.61 Å². The second kappa shape index (κ2) is 8.46. The van der Waals surface area contributed by atoms with E-state index in [0.717, 1.165) is 19.5 Å². The summed E-state index contributed by atoms with van der Waals surface area (Å²) in [6.45, 7) is 6.93. The van der Waals surface area contributed by atoms with Crippen molar-refractivity contribution < 1.29 is 9.90 Å². The van der Waals surface area contributed by atoms with Crippen LogP contribution in [0.4, 0.5) is 0 Å². The van der Waals surface area contributed by atoms with Crippen LogP contribution in [0.2, 0.25) is 0 Å². The number of hydrogen-bond donors (Lipinski definition) is 2. The smallest absolute Gasteiger partial charge is 0.220 e. The van der Waals surface area contributed by atoms with Crippen molar-refractivity contribution in [1.82, 2.24) is 10.2 Å². The molecule has 1 unspecified atom stereocenters. The van der Waals surface area contributed by atoms with E-state index in [1.807, 2.05) is 18.2 Å². The maximum atomic E-state index is 12.2. The number of rotatable bonds is 7. The molecule has 23 heavy (non-hydrogen) atoms. The molecule has 1 atom stereocenters. The number of likely N-dealkylation sites (tertiary alicyclic amines) is 1. The molecule has 1 aromatic rings. The van der Waals surface area contributed by atoms with E-state index >= 15 is 0 Å². The highest BCUT2D eigenvalue weighted by Crippen LogP contribution is 2.26. The van der Waals surface area contributed by atoms with Gasteiger partial charge in [-0.05, 0) is 30.4 Å². The Morgan fingerprint density at radius 2 is 2.04 bits per heavy atom. The van der Waals surface area contributed by atoms with Gasteiger partial charge in [-0.3, -0.25) is 9.69 Å². The predicted molar refractivity (Wildman–Crippen MR) is 93.4 cm³/mol. The van der Waals surface area contributed by atoms with Gasteiger partial charge in [0.1, 0.15) is 0 Å². The zero-order valence-corrected chi connectivity index (χ0v) is 14.4. The van der Waals surface area contributed by atoms with E-state index in [4.69, 9.17) is 0 Å². The Hall–Kier alpha value is -1.39. The van der Waals surface area contributed by atoms with E-state index in [1.54, 1.807) is 0 Å². The summed E-state index contributed by atoms with van der Waals surface area (Å²) < 4.78 is 0. The van der Waals surface area contributed by atoms with Crippen molar-refractivity contribution in [2.45, 2.75) is 51.0 Å². The molecule has 1 fully saturated rings. The van der Waals surface area contributed by atoms with Crippen LogP contribution in [0.15, 0.2) is 30.3 Å². The molecule has 0 aliphatic carbocycles. The monoisotopic (exact) mass is 318 g/mol. The third kappa shape index (κ3) is 5.33. The number of piperidine rings is 1. The highest BCUT2D eigenvalue weighted by Gasteiger charge is 2.24. The van der Waals surface area contributed by atoms with Crippen molar-refractivity contribution in [2.75, 3.05) is 26.2 Å². The fourth-order valence-corrected chi connectivity index (χ4v) is 3.36. The van der Waals surface area contributed by atoms with Gasteiger partial charge < -0.3 is 10.4 Å². The summed E-state index contributed by atoms with van der Waals surface area (Å²) in [6, 6.07) is 10.4. The third-order valence-corrected chi connectivity index (χ3v) is 4.84. The molecule has 0 radical (unpaired) electrons. The van der Waals surface area contributed by atoms with E-state index in [2.05, 4.69) is 36.2 Å². The second-order valence-electron chi connectivity index (χ2n) is 7.14. The molecule has 0 bridgehead atoms. The van der Waals surface area contributed by atoms with Gasteiger partial charge in [0.25, 0.3) is 0 Å². The lowest BCUT2D eigenvalue weighted by molar-refractivity contribution is -0.122. The Morgan fingerprint density at radius 3 is 2.74 bits per heavy atom. The third-order valence-electron chi connectivity index (χ3n) is 4.84. The highest BCUT2D eigenvalue weighted by atomic mass is 16.3. The SMILES string of the molecule is CC(C)(CC(=O)NCCN1CCCCC1CO)c1ccccc1. The van der Waals surface area contributed by atoms with Gasteiger partial charge in [0.2, 0.25) is 5.91 Å². The van der Waals surface area contributed by atoms with E-state index in [1.165, 1.54) is 18.4 Å². The molecule has 1 saturated heterocycles. The van der Waals surface area contributed by atoms with Gasteiger partial charge in [-0.1, -0.05) is 50.6 Å². The fraction of sp³-hybridized carbons (Fsp3) is 0.632. The van der Waals surface area contributed by atoms with Crippen molar-refractivity contribution >= 4 is 5.91 Å². The van der Waals surface area contributed by atoms with Crippen LogP contribution in [0.3, 0.4) is 0 Å². The first-order valence-corrected chi connectivity index (χ1v) is 8.70. The lowest BCUT2D eigenvalue weighted by atomic mass is 9.81. The van der Waals surface area contributed by atoms with Gasteiger partial charge in [-0.2, -0.15) is 0 Å². The molecule has 1 amide bonds. The predicted octanol–water partition coefficient (Wildman–Crippen LogP) is 2.32. The zero-order valence-electron chi connectivity index (χ0n) is 14.4. The van der Waals surface area contributed by atoms with Crippen molar-refractivity contribution in [3.63, 3.8) is 0 Å². The zero-order chi connectivity index (χ0) is 16.7. The number of carbonyl (C=O) groups is 1. The molecule has 0 saturated carbocycles. The van der Waals surface area contributed by atoms with Crippen molar-refractivity contribution in [2.24, 2.45) is 0 Å². The Bertz CT molecular complexity index is 487. The summed E-state index contributed by atoms with van der Waals surface area (Å²) in [5.74, 6) is 0.0939. The van der Waals surface area contributed by atoms with Gasteiger partial charge in [0.15, 0.2) is 0 Å². The van der Waals surface area contributed by atoms with Crippen LogP contribution in [-0.2, 0) is 10.2 Å². The topological polar surface area (TPSA) is 52.6 Å². The number of amides is 1. The van der Waals surface area contributed by atoms with Gasteiger partial charge in [-0.15, -0.1) is 0 Å². The maximum Gasteiger partial charge on any atom is 0.220 e. The summed E-state index contributed by atoms with van der Waals surface area (Å²) in [6.07, 6.45) is 3.93. The number of aliphatic hydroxyl groups excluding tert-OH is 1. The lowest BCUT2D eigenvalue weighted by Crippen LogP contribution is -2.45. The molecule has 1 aromatic carbocycles. The van der Waals surface area contributed by atoms with Crippen LogP contribution in [0.1, 0.15) is 45.1 Å². The van der Waals surface area contributed by atoms with E-state index < -0.39 is 0 Å². The van der Waals surface area contributed by atoms with E-state index in [-0.39, 0.29) is 24.0 Å². The molecule has 4 nitrogen and oxygen atoms in total. The summed E-state index contributed by atoms with van der Waals surface area (Å²) in [5.41, 5.74) is 1.02. The minimum absolute atomic E-state index is 0.0939. The Labute approximate surface area is 139 Å². The molecule has 4 heteroatoms. The van der Waals surface area contributed by atoms with E-state index in [9.17, 15) is 9.90 Å². The molecule has 1 aliphatic heterocycles. The summed E-state index contributed by atoms with van der Waals surface area (Å²) in [7, 11) is 0. The summed E-state index contributed by atoms with van der Waals surface area (Å²) in [5, 5.41) is 12.5. The normalized spacial score (nSPS) is 19.5. The van der Waals surface area contributed by atoms with Crippen LogP contribution in [-0.4, -0.2) is 48.2 Å². The molecule has 1 aliphatic rings. The van der Waals surface area contributed by atoms with Gasteiger partial charge in [0, 0.05) is 25.6 Å². The number of nitrogens with zero attached hydrogens (tertiary/aromatic N) is 1. The maximum absolute atomic E-state index is 12.2. The molecular weight excluding hydrogens is 288 g/mol. The minimum Gasteiger partial charge on any atom is -0.395 e. The lowest BCUT2D eigenvalue weighted by Gasteiger charge is -2.34. The quantitative estimate of drug-likeness (QED) is 0.811. The van der Waals surface area contributed by atoms with Crippen LogP contribution < -0.4 is 5.32 Å². The van der Waals surface area contributed by atoms with Crippen molar-refractivity contribution in [1.29, 1.82) is 0 Å². The molecule has 0 aromatic heterocycles. The Balaban J connectivity index is 1.76. The Kier molecular flexibility index (Phi) is 6.60. The van der Waals surface area contributed by atoms with Gasteiger partial charge >= 0.3 is 0 Å². The number of nitrogens with one attached hydrogen (secondary N) is 1. The van der Waals surface area contributed by atoms with E-state index in [0.29, 0.717) is 13.0 Å². The second-order valence-corrected chi connectivity index (χ2v) is 7.14. The van der Waals surface area contributed by atoms with Crippen LogP contribution in [0, 0.1) is 0 Å². The first kappa shape index (κ1) is 18.0. The fourth-order valence-electron chi connectivity index (χ4n) is 3.36. The largest absolute Gasteiger partial charge is 0.395 e. The number of benzene rings is 1.